The molecule has 0 atom stereocenters. The van der Waals surface area contributed by atoms with Gasteiger partial charge >= 0.3 is 0 Å². The van der Waals surface area contributed by atoms with Crippen molar-refractivity contribution in [2.45, 2.75) is 24.9 Å². The molecule has 0 saturated carbocycles. The van der Waals surface area contributed by atoms with Crippen LogP contribution in [0.5, 0.6) is 5.75 Å². The minimum absolute atomic E-state index is 0.445. The quantitative estimate of drug-likeness (QED) is 0.526. The van der Waals surface area contributed by atoms with E-state index in [-0.39, 0.29) is 0 Å². The lowest BCUT2D eigenvalue weighted by Crippen LogP contribution is -2.46. The summed E-state index contributed by atoms with van der Waals surface area (Å²) in [4.78, 5) is 10.1. The van der Waals surface area contributed by atoms with Crippen molar-refractivity contribution < 1.29 is 14.4 Å². The van der Waals surface area contributed by atoms with Gasteiger partial charge in [0.25, 0.3) is 0 Å². The zero-order valence-electron chi connectivity index (χ0n) is 16.8. The molecule has 1 aliphatic rings. The van der Waals surface area contributed by atoms with Gasteiger partial charge in [0.1, 0.15) is 28.7 Å². The van der Waals surface area contributed by atoms with Crippen molar-refractivity contribution >= 4 is 16.9 Å². The highest BCUT2D eigenvalue weighted by molar-refractivity contribution is 5.77. The average Bonchev–Trinajstić information content (AvgIpc) is 3.43. The Balaban J connectivity index is 1.25. The van der Waals surface area contributed by atoms with Gasteiger partial charge in [0.15, 0.2) is 0 Å². The van der Waals surface area contributed by atoms with Gasteiger partial charge in [-0.1, -0.05) is 17.3 Å². The van der Waals surface area contributed by atoms with E-state index in [2.05, 4.69) is 21.1 Å². The number of methoxy groups -OCH3 is 1. The summed E-state index contributed by atoms with van der Waals surface area (Å²) in [6.45, 7) is 1.49. The number of nitrogens with zero attached hydrogens (tertiary/aromatic N) is 3. The van der Waals surface area contributed by atoms with Gasteiger partial charge in [-0.2, -0.15) is 0 Å². The number of nitrogens with one attached hydrogen (secondary N) is 1. The molecule has 154 valence electrons. The summed E-state index contributed by atoms with van der Waals surface area (Å²) >= 11 is 0. The van der Waals surface area contributed by atoms with Crippen LogP contribution < -0.4 is 9.64 Å². The van der Waals surface area contributed by atoms with Crippen molar-refractivity contribution in [1.29, 1.82) is 0 Å². The summed E-state index contributed by atoms with van der Waals surface area (Å²) in [6.07, 6.45) is 3.63. The van der Waals surface area contributed by atoms with E-state index in [1.54, 1.807) is 7.11 Å². The molecular formula is C23H24N4O3. The van der Waals surface area contributed by atoms with E-state index in [9.17, 15) is 5.11 Å². The van der Waals surface area contributed by atoms with Crippen LogP contribution in [-0.2, 0) is 6.42 Å². The third-order valence-electron chi connectivity index (χ3n) is 5.84. The molecule has 3 aromatic heterocycles. The number of ether oxygens (including phenoxy) is 1. The first-order valence-electron chi connectivity index (χ1n) is 10.1. The summed E-state index contributed by atoms with van der Waals surface area (Å²) in [7, 11) is 1.64. The second-order valence-corrected chi connectivity index (χ2v) is 7.88. The van der Waals surface area contributed by atoms with Crippen molar-refractivity contribution in [2.24, 2.45) is 0 Å². The van der Waals surface area contributed by atoms with Crippen LogP contribution in [0, 0.1) is 0 Å². The molecular weight excluding hydrogens is 380 g/mol. The minimum atomic E-state index is -0.807. The molecule has 1 fully saturated rings. The van der Waals surface area contributed by atoms with E-state index in [0.29, 0.717) is 25.0 Å². The van der Waals surface area contributed by atoms with E-state index in [0.717, 1.165) is 46.9 Å². The zero-order valence-corrected chi connectivity index (χ0v) is 16.8. The molecule has 4 heterocycles. The second-order valence-electron chi connectivity index (χ2n) is 7.88. The number of anilines is 1. The van der Waals surface area contributed by atoms with Gasteiger partial charge in [-0.3, -0.25) is 0 Å². The van der Waals surface area contributed by atoms with Gasteiger partial charge in [0.05, 0.1) is 12.7 Å². The van der Waals surface area contributed by atoms with Crippen LogP contribution in [0.4, 0.5) is 5.82 Å². The van der Waals surface area contributed by atoms with E-state index < -0.39 is 5.60 Å². The molecule has 7 heteroatoms. The van der Waals surface area contributed by atoms with Crippen molar-refractivity contribution in [1.82, 2.24) is 15.1 Å². The minimum Gasteiger partial charge on any atom is -0.497 e. The molecule has 0 bridgehead atoms. The Hall–Kier alpha value is -3.32. The lowest BCUT2D eigenvalue weighted by Gasteiger charge is -2.38. The first-order chi connectivity index (χ1) is 14.6. The van der Waals surface area contributed by atoms with E-state index in [4.69, 9.17) is 14.2 Å². The maximum Gasteiger partial charge on any atom is 0.140 e. The van der Waals surface area contributed by atoms with Crippen molar-refractivity contribution in [3.05, 3.63) is 60.5 Å². The van der Waals surface area contributed by atoms with Crippen LogP contribution in [-0.4, -0.2) is 46.0 Å². The van der Waals surface area contributed by atoms with Crippen molar-refractivity contribution in [2.75, 3.05) is 25.1 Å². The number of aromatic amines is 1. The summed E-state index contributed by atoms with van der Waals surface area (Å²) in [5.74, 6) is 2.40. The lowest BCUT2D eigenvalue weighted by atomic mass is 9.87. The first-order valence-corrected chi connectivity index (χ1v) is 10.1. The summed E-state index contributed by atoms with van der Waals surface area (Å²) < 4.78 is 10.8. The highest BCUT2D eigenvalue weighted by Gasteiger charge is 2.34. The molecule has 1 aliphatic heterocycles. The van der Waals surface area contributed by atoms with Gasteiger partial charge < -0.3 is 24.3 Å². The van der Waals surface area contributed by atoms with Crippen LogP contribution in [0.25, 0.3) is 22.3 Å². The monoisotopic (exact) mass is 404 g/mol. The number of hydrogen-bond donors (Lipinski definition) is 2. The molecule has 7 nitrogen and oxygen atoms in total. The SMILES string of the molecule is COc1cccc(-c2cc(CC3(O)CCN(c4ccc5cc[nH]c5n4)CC3)on2)c1. The predicted octanol–water partition coefficient (Wildman–Crippen LogP) is 3.80. The molecule has 0 spiro atoms. The first kappa shape index (κ1) is 18.7. The van der Waals surface area contributed by atoms with Gasteiger partial charge in [-0.05, 0) is 43.2 Å². The van der Waals surface area contributed by atoms with Gasteiger partial charge in [-0.15, -0.1) is 0 Å². The topological polar surface area (TPSA) is 87.4 Å². The summed E-state index contributed by atoms with van der Waals surface area (Å²) in [5, 5.41) is 16.4. The van der Waals surface area contributed by atoms with E-state index in [1.807, 2.05) is 48.7 Å². The van der Waals surface area contributed by atoms with Crippen molar-refractivity contribution in [3.63, 3.8) is 0 Å². The average molecular weight is 404 g/mol. The van der Waals surface area contributed by atoms with Crippen LogP contribution in [0.2, 0.25) is 0 Å². The Morgan fingerprint density at radius 3 is 2.87 bits per heavy atom. The molecule has 4 aromatic rings. The Labute approximate surface area is 174 Å². The van der Waals surface area contributed by atoms with Crippen LogP contribution >= 0.6 is 0 Å². The maximum absolute atomic E-state index is 11.1. The number of H-pyrrole nitrogens is 1. The third kappa shape index (κ3) is 3.64. The number of rotatable bonds is 5. The molecule has 30 heavy (non-hydrogen) atoms. The molecule has 2 N–H and O–H groups in total. The molecule has 0 aliphatic carbocycles. The smallest absolute Gasteiger partial charge is 0.140 e. The molecule has 0 radical (unpaired) electrons. The highest BCUT2D eigenvalue weighted by atomic mass is 16.5. The normalized spacial score (nSPS) is 16.1. The number of benzene rings is 1. The number of piperidine rings is 1. The largest absolute Gasteiger partial charge is 0.497 e. The number of hydrogen-bond acceptors (Lipinski definition) is 6. The van der Waals surface area contributed by atoms with Crippen LogP contribution in [0.15, 0.2) is 59.3 Å². The molecule has 0 unspecified atom stereocenters. The van der Waals surface area contributed by atoms with E-state index in [1.165, 1.54) is 0 Å². The molecule has 5 rings (SSSR count). The zero-order chi connectivity index (χ0) is 20.6. The summed E-state index contributed by atoms with van der Waals surface area (Å²) in [6, 6.07) is 15.7. The number of pyridine rings is 1. The molecule has 1 aromatic carbocycles. The van der Waals surface area contributed by atoms with Gasteiger partial charge in [-0.25, -0.2) is 4.98 Å². The van der Waals surface area contributed by atoms with E-state index >= 15 is 0 Å². The fourth-order valence-electron chi connectivity index (χ4n) is 4.06. The van der Waals surface area contributed by atoms with Crippen LogP contribution in [0.1, 0.15) is 18.6 Å². The number of aliphatic hydroxyl groups is 1. The van der Waals surface area contributed by atoms with Crippen LogP contribution in [0.3, 0.4) is 0 Å². The maximum atomic E-state index is 11.1. The van der Waals surface area contributed by atoms with Gasteiger partial charge in [0.2, 0.25) is 0 Å². The number of aromatic nitrogens is 3. The fraction of sp³-hybridized carbons (Fsp3) is 0.304. The number of fused-ring (bicyclic) bond motifs is 1. The Morgan fingerprint density at radius 1 is 1.17 bits per heavy atom. The Kier molecular flexibility index (Phi) is 4.67. The Bertz CT molecular complexity index is 1160. The molecule has 0 amide bonds. The van der Waals surface area contributed by atoms with Gasteiger partial charge in [0, 0.05) is 42.7 Å². The fourth-order valence-corrected chi connectivity index (χ4v) is 4.06. The predicted molar refractivity (Wildman–Crippen MR) is 115 cm³/mol. The standard InChI is InChI=1S/C23H24N4O3/c1-29-18-4-2-3-17(13-18)20-14-19(30-26-20)15-23(28)8-11-27(12-9-23)21-6-5-16-7-10-24-22(16)25-21/h2-7,10,13-14,28H,8-9,11-12,15H2,1H3,(H,24,25). The van der Waals surface area contributed by atoms with Crippen molar-refractivity contribution in [3.8, 4) is 17.0 Å². The summed E-state index contributed by atoms with van der Waals surface area (Å²) in [5.41, 5.74) is 1.75. The molecule has 1 saturated heterocycles. The third-order valence-corrected chi connectivity index (χ3v) is 5.84. The Morgan fingerprint density at radius 2 is 2.03 bits per heavy atom. The second kappa shape index (κ2) is 7.50. The highest BCUT2D eigenvalue weighted by Crippen LogP contribution is 2.31. The lowest BCUT2D eigenvalue weighted by molar-refractivity contribution is 0.0108.